The molecule has 1 aromatic carbocycles. The van der Waals surface area contributed by atoms with Crippen LogP contribution in [0.4, 0.5) is 10.2 Å². The number of nitrogens with one attached hydrogen (secondary N) is 3. The van der Waals surface area contributed by atoms with Gasteiger partial charge >= 0.3 is 0 Å². The SMILES string of the molecule is O=C1CC[C@H](Nc2ncnc3[nH]c4cc(F)ccc4c23)C(=O)N1. The van der Waals surface area contributed by atoms with E-state index in [1.54, 1.807) is 6.07 Å². The maximum Gasteiger partial charge on any atom is 0.249 e. The highest BCUT2D eigenvalue weighted by molar-refractivity contribution is 6.11. The maximum absolute atomic E-state index is 13.4. The lowest BCUT2D eigenvalue weighted by Gasteiger charge is -2.22. The van der Waals surface area contributed by atoms with Crippen molar-refractivity contribution in [1.29, 1.82) is 0 Å². The van der Waals surface area contributed by atoms with Gasteiger partial charge in [0.1, 0.15) is 29.7 Å². The lowest BCUT2D eigenvalue weighted by molar-refractivity contribution is -0.133. The Bertz CT molecular complexity index is 952. The molecule has 1 saturated heterocycles. The molecule has 1 aliphatic rings. The third-order valence-corrected chi connectivity index (χ3v) is 3.90. The van der Waals surface area contributed by atoms with Crippen molar-refractivity contribution in [2.24, 2.45) is 0 Å². The molecule has 0 bridgehead atoms. The standard InChI is InChI=1S/C15H12FN5O2/c16-7-1-2-8-10(5-7)20-14-12(8)13(17-6-18-14)19-9-3-4-11(22)21-15(9)23/h1-2,5-6,9H,3-4H2,(H,21,22,23)(H2,17,18,19,20)/t9-/m0/s1. The average molecular weight is 313 g/mol. The molecule has 116 valence electrons. The lowest BCUT2D eigenvalue weighted by Crippen LogP contribution is -2.47. The molecule has 0 radical (unpaired) electrons. The van der Waals surface area contributed by atoms with Gasteiger partial charge in [0.05, 0.1) is 10.9 Å². The van der Waals surface area contributed by atoms with Crippen molar-refractivity contribution in [2.45, 2.75) is 18.9 Å². The highest BCUT2D eigenvalue weighted by Crippen LogP contribution is 2.30. The van der Waals surface area contributed by atoms with E-state index in [0.29, 0.717) is 28.8 Å². The van der Waals surface area contributed by atoms with Crippen LogP contribution in [-0.4, -0.2) is 32.8 Å². The minimum atomic E-state index is -0.545. The molecule has 2 aromatic heterocycles. The fourth-order valence-corrected chi connectivity index (χ4v) is 2.81. The van der Waals surface area contributed by atoms with Crippen LogP contribution in [0.15, 0.2) is 24.5 Å². The van der Waals surface area contributed by atoms with E-state index >= 15 is 0 Å². The van der Waals surface area contributed by atoms with E-state index in [1.807, 2.05) is 0 Å². The molecule has 1 fully saturated rings. The quantitative estimate of drug-likeness (QED) is 0.622. The molecule has 23 heavy (non-hydrogen) atoms. The van der Waals surface area contributed by atoms with Crippen molar-refractivity contribution in [3.05, 3.63) is 30.3 Å². The molecule has 8 heteroatoms. The van der Waals surface area contributed by atoms with Crippen molar-refractivity contribution in [1.82, 2.24) is 20.3 Å². The second-order valence-electron chi connectivity index (χ2n) is 5.41. The topological polar surface area (TPSA) is 99.8 Å². The number of benzene rings is 1. The number of anilines is 1. The fraction of sp³-hybridized carbons (Fsp3) is 0.200. The van der Waals surface area contributed by atoms with E-state index in [-0.39, 0.29) is 24.1 Å². The molecular weight excluding hydrogens is 301 g/mol. The summed E-state index contributed by atoms with van der Waals surface area (Å²) < 4.78 is 13.4. The summed E-state index contributed by atoms with van der Waals surface area (Å²) in [4.78, 5) is 34.5. The first-order valence-corrected chi connectivity index (χ1v) is 7.14. The van der Waals surface area contributed by atoms with Gasteiger partial charge < -0.3 is 10.3 Å². The number of rotatable bonds is 2. The van der Waals surface area contributed by atoms with E-state index in [2.05, 4.69) is 25.6 Å². The van der Waals surface area contributed by atoms with Gasteiger partial charge in [0, 0.05) is 11.8 Å². The molecule has 3 N–H and O–H groups in total. The molecule has 4 rings (SSSR count). The van der Waals surface area contributed by atoms with Gasteiger partial charge in [-0.3, -0.25) is 14.9 Å². The Morgan fingerprint density at radius 3 is 2.96 bits per heavy atom. The van der Waals surface area contributed by atoms with Gasteiger partial charge in [-0.05, 0) is 24.6 Å². The molecule has 3 aromatic rings. The molecule has 0 spiro atoms. The van der Waals surface area contributed by atoms with Crippen LogP contribution in [-0.2, 0) is 9.59 Å². The van der Waals surface area contributed by atoms with Crippen LogP contribution in [0.2, 0.25) is 0 Å². The Morgan fingerprint density at radius 2 is 2.13 bits per heavy atom. The molecule has 0 aliphatic carbocycles. The van der Waals surface area contributed by atoms with Crippen molar-refractivity contribution >= 4 is 39.6 Å². The molecule has 7 nitrogen and oxygen atoms in total. The number of H-pyrrole nitrogens is 1. The summed E-state index contributed by atoms with van der Waals surface area (Å²) in [5, 5.41) is 6.80. The zero-order valence-electron chi connectivity index (χ0n) is 11.9. The van der Waals surface area contributed by atoms with Gasteiger partial charge in [0.15, 0.2) is 0 Å². The minimum absolute atomic E-state index is 0.275. The predicted molar refractivity (Wildman–Crippen MR) is 81.1 cm³/mol. The number of aromatic amines is 1. The van der Waals surface area contributed by atoms with E-state index in [0.717, 1.165) is 5.39 Å². The van der Waals surface area contributed by atoms with Crippen molar-refractivity contribution in [2.75, 3.05) is 5.32 Å². The molecule has 1 atom stereocenters. The minimum Gasteiger partial charge on any atom is -0.358 e. The fourth-order valence-electron chi connectivity index (χ4n) is 2.81. The summed E-state index contributed by atoms with van der Waals surface area (Å²) in [6.07, 6.45) is 2.03. The summed E-state index contributed by atoms with van der Waals surface area (Å²) in [5.74, 6) is -0.526. The summed E-state index contributed by atoms with van der Waals surface area (Å²) in [7, 11) is 0. The number of hydrogen-bond acceptors (Lipinski definition) is 5. The first kappa shape index (κ1) is 13.6. The number of carbonyl (C=O) groups is 2. The van der Waals surface area contributed by atoms with Gasteiger partial charge in [0.25, 0.3) is 0 Å². The number of hydrogen-bond donors (Lipinski definition) is 3. The molecule has 2 amide bonds. The van der Waals surface area contributed by atoms with Crippen molar-refractivity contribution in [3.8, 4) is 0 Å². The number of aromatic nitrogens is 3. The zero-order chi connectivity index (χ0) is 16.0. The van der Waals surface area contributed by atoms with E-state index in [4.69, 9.17) is 0 Å². The number of nitrogens with zero attached hydrogens (tertiary/aromatic N) is 2. The van der Waals surface area contributed by atoms with Crippen LogP contribution in [0.3, 0.4) is 0 Å². The van der Waals surface area contributed by atoms with E-state index in [9.17, 15) is 14.0 Å². The second-order valence-corrected chi connectivity index (χ2v) is 5.41. The Hall–Kier alpha value is -3.03. The number of halogens is 1. The summed E-state index contributed by atoms with van der Waals surface area (Å²) in [5.41, 5.74) is 1.15. The summed E-state index contributed by atoms with van der Waals surface area (Å²) in [6, 6.07) is 3.84. The molecule has 0 unspecified atom stereocenters. The Morgan fingerprint density at radius 1 is 1.26 bits per heavy atom. The third-order valence-electron chi connectivity index (χ3n) is 3.90. The molecule has 3 heterocycles. The first-order chi connectivity index (χ1) is 11.1. The average Bonchev–Trinajstić information content (AvgIpc) is 2.88. The number of carbonyl (C=O) groups excluding carboxylic acids is 2. The van der Waals surface area contributed by atoms with E-state index < -0.39 is 6.04 Å². The monoisotopic (exact) mass is 313 g/mol. The highest BCUT2D eigenvalue weighted by atomic mass is 19.1. The Labute approximate surface area is 129 Å². The van der Waals surface area contributed by atoms with Gasteiger partial charge in [-0.2, -0.15) is 0 Å². The summed E-state index contributed by atoms with van der Waals surface area (Å²) in [6.45, 7) is 0. The van der Waals surface area contributed by atoms with Gasteiger partial charge in [-0.15, -0.1) is 0 Å². The number of fused-ring (bicyclic) bond motifs is 3. The third kappa shape index (κ3) is 2.28. The van der Waals surface area contributed by atoms with Gasteiger partial charge in [-0.25, -0.2) is 14.4 Å². The molecular formula is C15H12FN5O2. The first-order valence-electron chi connectivity index (χ1n) is 7.14. The van der Waals surface area contributed by atoms with Crippen LogP contribution >= 0.6 is 0 Å². The Balaban J connectivity index is 1.79. The van der Waals surface area contributed by atoms with Gasteiger partial charge in [0.2, 0.25) is 11.8 Å². The largest absolute Gasteiger partial charge is 0.358 e. The summed E-state index contributed by atoms with van der Waals surface area (Å²) >= 11 is 0. The van der Waals surface area contributed by atoms with Crippen LogP contribution < -0.4 is 10.6 Å². The lowest BCUT2D eigenvalue weighted by atomic mass is 10.1. The van der Waals surface area contributed by atoms with Crippen LogP contribution in [0.25, 0.3) is 21.9 Å². The molecule has 0 saturated carbocycles. The number of amides is 2. The highest BCUT2D eigenvalue weighted by Gasteiger charge is 2.27. The van der Waals surface area contributed by atoms with E-state index in [1.165, 1.54) is 18.5 Å². The van der Waals surface area contributed by atoms with Crippen LogP contribution in [0, 0.1) is 5.82 Å². The Kier molecular flexibility index (Phi) is 2.97. The maximum atomic E-state index is 13.4. The smallest absolute Gasteiger partial charge is 0.249 e. The predicted octanol–water partition coefficient (Wildman–Crippen LogP) is 1.47. The van der Waals surface area contributed by atoms with Crippen LogP contribution in [0.1, 0.15) is 12.8 Å². The molecule has 1 aliphatic heterocycles. The van der Waals surface area contributed by atoms with Crippen molar-refractivity contribution in [3.63, 3.8) is 0 Å². The number of piperidine rings is 1. The second kappa shape index (κ2) is 5.01. The van der Waals surface area contributed by atoms with Crippen LogP contribution in [0.5, 0.6) is 0 Å². The normalized spacial score (nSPS) is 18.4. The van der Waals surface area contributed by atoms with Gasteiger partial charge in [-0.1, -0.05) is 0 Å². The number of imide groups is 1. The van der Waals surface area contributed by atoms with Crippen molar-refractivity contribution < 1.29 is 14.0 Å². The zero-order valence-corrected chi connectivity index (χ0v) is 11.9.